The van der Waals surface area contributed by atoms with Crippen LogP contribution in [-0.4, -0.2) is 39.9 Å². The van der Waals surface area contributed by atoms with Crippen molar-refractivity contribution in [1.82, 2.24) is 49.8 Å². The van der Waals surface area contributed by atoms with E-state index in [2.05, 4.69) is 9.97 Å². The van der Waals surface area contributed by atoms with Gasteiger partial charge in [-0.2, -0.15) is 0 Å². The van der Waals surface area contributed by atoms with Gasteiger partial charge >= 0.3 is 19.5 Å². The van der Waals surface area contributed by atoms with Crippen molar-refractivity contribution in [3.63, 3.8) is 0 Å². The zero-order valence-corrected chi connectivity index (χ0v) is 31.7. The molecule has 55 heavy (non-hydrogen) atoms. The number of pyridine rings is 2. The van der Waals surface area contributed by atoms with E-state index in [9.17, 15) is 0 Å². The van der Waals surface area contributed by atoms with E-state index in [-0.39, 0.29) is 19.5 Å². The van der Waals surface area contributed by atoms with Gasteiger partial charge in [-0.1, -0.05) is 72.8 Å². The van der Waals surface area contributed by atoms with Gasteiger partial charge in [0, 0.05) is 75.0 Å². The number of aromatic nitrogens is 10. The molecule has 2 aliphatic heterocycles. The number of ether oxygens (including phenoxy) is 2. The molecule has 5 aromatic heterocycles. The van der Waals surface area contributed by atoms with Crippen LogP contribution in [0.25, 0.3) is 89.7 Å². The molecule has 0 aliphatic carbocycles. The first kappa shape index (κ1) is 32.4. The molecule has 0 N–H and O–H groups in total. The predicted octanol–water partition coefficient (Wildman–Crippen LogP) is 8.50. The zero-order valence-electron chi connectivity index (χ0n) is 28.7. The minimum absolute atomic E-state index is 0. The summed E-state index contributed by atoms with van der Waals surface area (Å²) in [4.78, 5) is 48.5. The first-order chi connectivity index (χ1) is 26.7. The largest absolute Gasteiger partial charge is 2.00 e. The number of benzene rings is 4. The summed E-state index contributed by atoms with van der Waals surface area (Å²) in [7, 11) is 0. The number of hydrogen-bond donors (Lipinski definition) is 0. The normalized spacial score (nSPS) is 11.5. The summed E-state index contributed by atoms with van der Waals surface area (Å²) in [5.41, 5.74) is 4.97. The smallest absolute Gasteiger partial charge is 0.453 e. The minimum Gasteiger partial charge on any atom is -0.453 e. The Kier molecular flexibility index (Phi) is 7.67. The van der Waals surface area contributed by atoms with E-state index in [1.807, 2.05) is 84.9 Å². The van der Waals surface area contributed by atoms with E-state index < -0.39 is 0 Å². The fourth-order valence-electron chi connectivity index (χ4n) is 6.79. The summed E-state index contributed by atoms with van der Waals surface area (Å²) < 4.78 is 13.0. The van der Waals surface area contributed by atoms with Crippen LogP contribution in [0.2, 0.25) is 0 Å². The summed E-state index contributed by atoms with van der Waals surface area (Å²) in [5, 5.41) is 2.94. The molecule has 254 valence electrons. The summed E-state index contributed by atoms with van der Waals surface area (Å²) in [5.74, 6) is 3.79. The standard InChI is InChI=1S/C42H22N10O2.Zn/c1-2-8-26-25(7-1)35-45-36(26)47-38-29-11-5-6-12-30(29)40(49-38)51-42-33-31(41(52-42)50-39-28-10-4-3-9-27(28)37(46-35)48-39)13-14-32(53-23-15-19-43-20-16-23)34(33)54-24-17-21-44-22-18-24;/h1-22H;/q-2;+2. The third kappa shape index (κ3) is 5.48. The minimum atomic E-state index is 0. The predicted molar refractivity (Wildman–Crippen MR) is 203 cm³/mol. The molecule has 0 amide bonds. The molecule has 8 bridgehead atoms. The molecule has 0 radical (unpaired) electrons. The Hall–Kier alpha value is -7.24. The van der Waals surface area contributed by atoms with Crippen LogP contribution >= 0.6 is 0 Å². The van der Waals surface area contributed by atoms with Crippen LogP contribution in [0.1, 0.15) is 0 Å². The molecule has 0 fully saturated rings. The van der Waals surface area contributed by atoms with E-state index in [1.54, 1.807) is 49.1 Å². The van der Waals surface area contributed by atoms with E-state index in [4.69, 9.17) is 49.3 Å². The molecule has 0 atom stereocenters. The molecule has 13 heteroatoms. The Labute approximate surface area is 324 Å². The van der Waals surface area contributed by atoms with E-state index >= 15 is 0 Å². The van der Waals surface area contributed by atoms with Crippen LogP contribution in [-0.2, 0) is 19.5 Å². The maximum Gasteiger partial charge on any atom is 2.00 e. The molecule has 7 heterocycles. The molecule has 0 unspecified atom stereocenters. The second kappa shape index (κ2) is 13.0. The molecular weight excluding hydrogens is 742 g/mol. The number of rotatable bonds is 4. The molecule has 2 aliphatic rings. The summed E-state index contributed by atoms with van der Waals surface area (Å²) in [6.45, 7) is 0. The second-order valence-electron chi connectivity index (χ2n) is 12.5. The summed E-state index contributed by atoms with van der Waals surface area (Å²) in [6, 6.07) is 34.4. The quantitative estimate of drug-likeness (QED) is 0.158. The summed E-state index contributed by atoms with van der Waals surface area (Å²) in [6.07, 6.45) is 6.65. The average molecular weight is 764 g/mol. The maximum absolute atomic E-state index is 6.62. The van der Waals surface area contributed by atoms with Crippen molar-refractivity contribution in [3.8, 4) is 68.5 Å². The van der Waals surface area contributed by atoms with Crippen molar-refractivity contribution in [3.05, 3.63) is 134 Å². The molecule has 11 rings (SSSR count). The average Bonchev–Trinajstić information content (AvgIpc) is 3.95. The monoisotopic (exact) mass is 762 g/mol. The van der Waals surface area contributed by atoms with Crippen molar-refractivity contribution < 1.29 is 29.0 Å². The SMILES string of the molecule is [Zn+2].c1ccc2c(c1)-c1nc-2nc2[n-]c(nc3nc(nc4[n-]c(n1)c1ccccc41)-c1ccccc1-3)c1c(Oc3ccncc3)c(Oc3ccncc3)ccc21. The molecule has 4 aromatic carbocycles. The summed E-state index contributed by atoms with van der Waals surface area (Å²) >= 11 is 0. The molecule has 0 saturated heterocycles. The van der Waals surface area contributed by atoms with E-state index in [1.165, 1.54) is 0 Å². The maximum atomic E-state index is 6.62. The van der Waals surface area contributed by atoms with Gasteiger partial charge in [0.2, 0.25) is 0 Å². The topological polar surface area (TPSA) is 150 Å². The van der Waals surface area contributed by atoms with Gasteiger partial charge in [-0.3, -0.25) is 9.97 Å². The molecule has 9 aromatic rings. The second-order valence-corrected chi connectivity index (χ2v) is 12.5. The van der Waals surface area contributed by atoms with Crippen molar-refractivity contribution in [2.24, 2.45) is 0 Å². The third-order valence-electron chi connectivity index (χ3n) is 9.25. The van der Waals surface area contributed by atoms with Crippen molar-refractivity contribution in [1.29, 1.82) is 0 Å². The molecule has 0 spiro atoms. The van der Waals surface area contributed by atoms with Crippen molar-refractivity contribution in [2.75, 3.05) is 0 Å². The fraction of sp³-hybridized carbons (Fsp3) is 0. The molecule has 12 nitrogen and oxygen atoms in total. The Morgan fingerprint density at radius 3 is 1.31 bits per heavy atom. The Balaban J connectivity index is 0.00000372. The van der Waals surface area contributed by atoms with E-state index in [0.29, 0.717) is 79.7 Å². The number of hydrogen-bond acceptors (Lipinski definition) is 10. The molecule has 0 saturated carbocycles. The Bertz CT molecular complexity index is 3130. The van der Waals surface area contributed by atoms with Gasteiger partial charge in [-0.25, -0.2) is 9.97 Å². The van der Waals surface area contributed by atoms with Crippen molar-refractivity contribution >= 4 is 44.1 Å². The first-order valence-corrected chi connectivity index (χ1v) is 17.1. The zero-order chi connectivity index (χ0) is 35.6. The van der Waals surface area contributed by atoms with Gasteiger partial charge in [0.1, 0.15) is 11.5 Å². The van der Waals surface area contributed by atoms with E-state index in [0.717, 1.165) is 33.0 Å². The van der Waals surface area contributed by atoms with Gasteiger partial charge < -0.3 is 39.4 Å². The van der Waals surface area contributed by atoms with Gasteiger partial charge in [0.15, 0.2) is 11.5 Å². The van der Waals surface area contributed by atoms with Gasteiger partial charge in [-0.15, -0.1) is 0 Å². The van der Waals surface area contributed by atoms with Crippen LogP contribution in [0.15, 0.2) is 134 Å². The Morgan fingerprint density at radius 2 is 0.800 bits per heavy atom. The van der Waals surface area contributed by atoms with Crippen LogP contribution in [0.3, 0.4) is 0 Å². The van der Waals surface area contributed by atoms with Gasteiger partial charge in [0.05, 0.1) is 23.3 Å². The Morgan fingerprint density at radius 1 is 0.382 bits per heavy atom. The van der Waals surface area contributed by atoms with Gasteiger partial charge in [0.25, 0.3) is 0 Å². The molecular formula is C42H22N10O2Zn. The number of nitrogens with zero attached hydrogens (tertiary/aromatic N) is 10. The first-order valence-electron chi connectivity index (χ1n) is 17.1. The fourth-order valence-corrected chi connectivity index (χ4v) is 6.79. The third-order valence-corrected chi connectivity index (χ3v) is 9.25. The van der Waals surface area contributed by atoms with Crippen LogP contribution in [0.5, 0.6) is 23.0 Å². The van der Waals surface area contributed by atoms with Gasteiger partial charge in [-0.05, 0) is 52.6 Å². The van der Waals surface area contributed by atoms with Crippen LogP contribution < -0.4 is 19.4 Å². The van der Waals surface area contributed by atoms with Crippen LogP contribution in [0.4, 0.5) is 0 Å². The number of fused-ring (bicyclic) bond motifs is 20. The van der Waals surface area contributed by atoms with Crippen molar-refractivity contribution in [2.45, 2.75) is 0 Å². The van der Waals surface area contributed by atoms with Crippen LogP contribution in [0, 0.1) is 0 Å².